The van der Waals surface area contributed by atoms with Crippen molar-refractivity contribution < 1.29 is 17.9 Å². The number of amides is 1. The molecule has 1 heterocycles. The summed E-state index contributed by atoms with van der Waals surface area (Å²) in [5, 5.41) is 4.68. The van der Waals surface area contributed by atoms with Gasteiger partial charge < -0.3 is 10.1 Å². The van der Waals surface area contributed by atoms with E-state index in [9.17, 15) is 13.2 Å². The van der Waals surface area contributed by atoms with Gasteiger partial charge in [-0.25, -0.2) is 8.42 Å². The van der Waals surface area contributed by atoms with Crippen LogP contribution in [0.5, 0.6) is 5.75 Å². The normalized spacial score (nSPS) is 14.8. The molecule has 150 valence electrons. The standard InChI is InChI=1S/C22H22N2O4S/c25-22(16-28-21-12-5-8-17-7-1-2-11-20(17)21)23-18-9-6-10-19(15-18)29(26,27)24-13-3-4-14-24/h1-2,5-12,15H,3-4,13-14,16H2,(H,23,25). The Bertz CT molecular complexity index is 1130. The Kier molecular flexibility index (Phi) is 5.51. The van der Waals surface area contributed by atoms with Gasteiger partial charge in [-0.15, -0.1) is 0 Å². The van der Waals surface area contributed by atoms with Gasteiger partial charge in [0.15, 0.2) is 6.61 Å². The molecule has 1 aliphatic heterocycles. The number of benzene rings is 3. The van der Waals surface area contributed by atoms with Crippen molar-refractivity contribution in [2.75, 3.05) is 25.0 Å². The van der Waals surface area contributed by atoms with E-state index in [1.165, 1.54) is 10.4 Å². The second-order valence-corrected chi connectivity index (χ2v) is 8.89. The number of carbonyl (C=O) groups is 1. The number of hydrogen-bond acceptors (Lipinski definition) is 4. The summed E-state index contributed by atoms with van der Waals surface area (Å²) < 4.78 is 32.6. The van der Waals surface area contributed by atoms with Crippen molar-refractivity contribution in [1.29, 1.82) is 0 Å². The van der Waals surface area contributed by atoms with Crippen molar-refractivity contribution in [2.45, 2.75) is 17.7 Å². The summed E-state index contributed by atoms with van der Waals surface area (Å²) >= 11 is 0. The van der Waals surface area contributed by atoms with Gasteiger partial charge in [0, 0.05) is 24.2 Å². The van der Waals surface area contributed by atoms with Gasteiger partial charge in [0.1, 0.15) is 5.75 Å². The Morgan fingerprint density at radius 3 is 2.52 bits per heavy atom. The Morgan fingerprint density at radius 2 is 1.69 bits per heavy atom. The van der Waals surface area contributed by atoms with Crippen LogP contribution in [0.15, 0.2) is 71.6 Å². The molecule has 0 aliphatic carbocycles. The number of nitrogens with zero attached hydrogens (tertiary/aromatic N) is 1. The smallest absolute Gasteiger partial charge is 0.262 e. The van der Waals surface area contributed by atoms with E-state index in [0.717, 1.165) is 23.6 Å². The summed E-state index contributed by atoms with van der Waals surface area (Å²) in [5.41, 5.74) is 0.428. The zero-order valence-electron chi connectivity index (χ0n) is 15.9. The highest BCUT2D eigenvalue weighted by Gasteiger charge is 2.27. The lowest BCUT2D eigenvalue weighted by molar-refractivity contribution is -0.118. The molecule has 3 aromatic carbocycles. The van der Waals surface area contributed by atoms with Crippen LogP contribution in [-0.4, -0.2) is 38.3 Å². The van der Waals surface area contributed by atoms with Crippen molar-refractivity contribution in [3.05, 3.63) is 66.7 Å². The Labute approximate surface area is 170 Å². The zero-order chi connectivity index (χ0) is 20.3. The molecule has 1 saturated heterocycles. The second-order valence-electron chi connectivity index (χ2n) is 6.95. The molecular formula is C22H22N2O4S. The molecule has 1 N–H and O–H groups in total. The van der Waals surface area contributed by atoms with Crippen LogP contribution < -0.4 is 10.1 Å². The van der Waals surface area contributed by atoms with Gasteiger partial charge in [-0.3, -0.25) is 4.79 Å². The lowest BCUT2D eigenvalue weighted by Gasteiger charge is -2.16. The summed E-state index contributed by atoms with van der Waals surface area (Å²) in [6.45, 7) is 0.909. The SMILES string of the molecule is O=C(COc1cccc2ccccc12)Nc1cccc(S(=O)(=O)N2CCCC2)c1. The topological polar surface area (TPSA) is 75.7 Å². The summed E-state index contributed by atoms with van der Waals surface area (Å²) in [5.74, 6) is 0.275. The second kappa shape index (κ2) is 8.23. The predicted molar refractivity (Wildman–Crippen MR) is 113 cm³/mol. The molecule has 29 heavy (non-hydrogen) atoms. The van der Waals surface area contributed by atoms with Crippen LogP contribution in [-0.2, 0) is 14.8 Å². The first-order valence-electron chi connectivity index (χ1n) is 9.55. The molecule has 6 nitrogen and oxygen atoms in total. The van der Waals surface area contributed by atoms with E-state index in [1.54, 1.807) is 18.2 Å². The summed E-state index contributed by atoms with van der Waals surface area (Å²) in [6, 6.07) is 19.8. The molecule has 0 spiro atoms. The first-order valence-corrected chi connectivity index (χ1v) is 11.0. The molecule has 0 bridgehead atoms. The van der Waals surface area contributed by atoms with Crippen LogP contribution in [0, 0.1) is 0 Å². The molecule has 4 rings (SSSR count). The lowest BCUT2D eigenvalue weighted by atomic mass is 10.1. The minimum absolute atomic E-state index is 0.170. The molecule has 1 aliphatic rings. The van der Waals surface area contributed by atoms with E-state index in [-0.39, 0.29) is 17.4 Å². The van der Waals surface area contributed by atoms with Gasteiger partial charge in [-0.2, -0.15) is 4.31 Å². The van der Waals surface area contributed by atoms with Gasteiger partial charge in [0.25, 0.3) is 5.91 Å². The van der Waals surface area contributed by atoms with Crippen LogP contribution in [0.2, 0.25) is 0 Å². The fourth-order valence-corrected chi connectivity index (χ4v) is 5.04. The molecule has 0 atom stereocenters. The molecule has 0 radical (unpaired) electrons. The summed E-state index contributed by atoms with van der Waals surface area (Å²) in [7, 11) is -3.53. The quantitative estimate of drug-likeness (QED) is 0.673. The number of rotatable bonds is 6. The van der Waals surface area contributed by atoms with Crippen LogP contribution in [0.4, 0.5) is 5.69 Å². The fourth-order valence-electron chi connectivity index (χ4n) is 3.47. The van der Waals surface area contributed by atoms with E-state index in [4.69, 9.17) is 4.74 Å². The molecule has 1 amide bonds. The first-order chi connectivity index (χ1) is 14.0. The largest absolute Gasteiger partial charge is 0.483 e. The molecule has 7 heteroatoms. The van der Waals surface area contributed by atoms with Gasteiger partial charge >= 0.3 is 0 Å². The van der Waals surface area contributed by atoms with Gasteiger partial charge in [0.05, 0.1) is 4.90 Å². The minimum atomic E-state index is -3.53. The number of nitrogens with one attached hydrogen (secondary N) is 1. The van der Waals surface area contributed by atoms with Gasteiger partial charge in [-0.1, -0.05) is 42.5 Å². The number of hydrogen-bond donors (Lipinski definition) is 1. The van der Waals surface area contributed by atoms with E-state index in [1.807, 2.05) is 42.5 Å². The summed E-state index contributed by atoms with van der Waals surface area (Å²) in [4.78, 5) is 12.5. The average molecular weight is 410 g/mol. The first kappa shape index (κ1) is 19.4. The Morgan fingerprint density at radius 1 is 0.966 bits per heavy atom. The number of ether oxygens (including phenoxy) is 1. The Balaban J connectivity index is 1.43. The van der Waals surface area contributed by atoms with E-state index < -0.39 is 10.0 Å². The van der Waals surface area contributed by atoms with Crippen LogP contribution in [0.25, 0.3) is 10.8 Å². The summed E-state index contributed by atoms with van der Waals surface area (Å²) in [6.07, 6.45) is 1.75. The molecule has 1 fully saturated rings. The van der Waals surface area contributed by atoms with Crippen molar-refractivity contribution in [1.82, 2.24) is 4.31 Å². The van der Waals surface area contributed by atoms with Crippen LogP contribution >= 0.6 is 0 Å². The Hall–Kier alpha value is -2.90. The highest BCUT2D eigenvalue weighted by atomic mass is 32.2. The van der Waals surface area contributed by atoms with Crippen molar-refractivity contribution in [3.8, 4) is 5.75 Å². The number of sulfonamides is 1. The maximum Gasteiger partial charge on any atom is 0.262 e. The monoisotopic (exact) mass is 410 g/mol. The molecule has 0 saturated carbocycles. The van der Waals surface area contributed by atoms with E-state index in [2.05, 4.69) is 5.32 Å². The third-order valence-corrected chi connectivity index (χ3v) is 6.82. The van der Waals surface area contributed by atoms with Crippen molar-refractivity contribution >= 4 is 32.4 Å². The fraction of sp³-hybridized carbons (Fsp3) is 0.227. The molecular weight excluding hydrogens is 388 g/mol. The molecule has 0 aromatic heterocycles. The maximum absolute atomic E-state index is 12.7. The molecule has 3 aromatic rings. The number of fused-ring (bicyclic) bond motifs is 1. The van der Waals surface area contributed by atoms with Crippen molar-refractivity contribution in [2.24, 2.45) is 0 Å². The van der Waals surface area contributed by atoms with Crippen LogP contribution in [0.3, 0.4) is 0 Å². The van der Waals surface area contributed by atoms with Gasteiger partial charge in [0.2, 0.25) is 10.0 Å². The minimum Gasteiger partial charge on any atom is -0.483 e. The van der Waals surface area contributed by atoms with Crippen LogP contribution in [0.1, 0.15) is 12.8 Å². The number of anilines is 1. The number of carbonyl (C=O) groups excluding carboxylic acids is 1. The third-order valence-electron chi connectivity index (χ3n) is 4.93. The lowest BCUT2D eigenvalue weighted by Crippen LogP contribution is -2.28. The van der Waals surface area contributed by atoms with E-state index in [0.29, 0.717) is 24.5 Å². The van der Waals surface area contributed by atoms with E-state index >= 15 is 0 Å². The zero-order valence-corrected chi connectivity index (χ0v) is 16.7. The third kappa shape index (κ3) is 4.26. The maximum atomic E-state index is 12.7. The highest BCUT2D eigenvalue weighted by Crippen LogP contribution is 2.25. The molecule has 0 unspecified atom stereocenters. The predicted octanol–water partition coefficient (Wildman–Crippen LogP) is 3.64. The van der Waals surface area contributed by atoms with Gasteiger partial charge in [-0.05, 0) is 42.5 Å². The van der Waals surface area contributed by atoms with Crippen molar-refractivity contribution in [3.63, 3.8) is 0 Å². The highest BCUT2D eigenvalue weighted by molar-refractivity contribution is 7.89. The average Bonchev–Trinajstić information content (AvgIpc) is 3.28.